The molecule has 1 fully saturated rings. The van der Waals surface area contributed by atoms with Crippen LogP contribution in [-0.2, 0) is 16.0 Å². The maximum absolute atomic E-state index is 13.6. The molecule has 1 aliphatic rings. The number of aromatic nitrogens is 1. The number of ether oxygens (including phenoxy) is 1. The van der Waals surface area contributed by atoms with Crippen molar-refractivity contribution in [3.63, 3.8) is 0 Å². The van der Waals surface area contributed by atoms with Crippen LogP contribution in [0.2, 0.25) is 0 Å². The first-order chi connectivity index (χ1) is 17.1. The van der Waals surface area contributed by atoms with E-state index in [9.17, 15) is 4.79 Å². The minimum Gasteiger partial charge on any atom is -0.379 e. The Labute approximate surface area is 223 Å². The summed E-state index contributed by atoms with van der Waals surface area (Å²) in [6.45, 7) is 8.96. The summed E-state index contributed by atoms with van der Waals surface area (Å²) in [6, 6.07) is 22.9. The van der Waals surface area contributed by atoms with Gasteiger partial charge in [0, 0.05) is 26.2 Å². The Morgan fingerprint density at radius 1 is 0.972 bits per heavy atom. The molecule has 36 heavy (non-hydrogen) atoms. The molecule has 5 rings (SSSR count). The summed E-state index contributed by atoms with van der Waals surface area (Å²) < 4.78 is 6.62. The quantitative estimate of drug-likeness (QED) is 0.303. The highest BCUT2D eigenvalue weighted by Crippen LogP contribution is 2.32. The summed E-state index contributed by atoms with van der Waals surface area (Å²) in [5.41, 5.74) is 6.75. The van der Waals surface area contributed by atoms with Crippen LogP contribution in [0.5, 0.6) is 0 Å². The molecular weight excluding hydrogens is 490 g/mol. The molecule has 7 heteroatoms. The third-order valence-corrected chi connectivity index (χ3v) is 7.81. The van der Waals surface area contributed by atoms with Crippen molar-refractivity contribution in [2.75, 3.05) is 44.3 Å². The second kappa shape index (κ2) is 12.0. The Hall–Kier alpha value is -2.77. The zero-order valence-electron chi connectivity index (χ0n) is 20.8. The van der Waals surface area contributed by atoms with Crippen molar-refractivity contribution in [1.82, 2.24) is 9.88 Å². The summed E-state index contributed by atoms with van der Waals surface area (Å²) in [5.74, 6) is 0.0825. The standard InChI is InChI=1S/C29H31N3O2S.ClH/c1-21-8-13-26-28(22(21)2)30-29(35-26)32(15-14-31-16-18-34-19-17-31)27(33)20-23-9-11-25(12-10-23)24-6-4-3-5-7-24;/h3-13H,14-20H2,1-2H3;1H. The lowest BCUT2D eigenvalue weighted by molar-refractivity contribution is -0.118. The maximum Gasteiger partial charge on any atom is 0.233 e. The molecule has 1 aromatic heterocycles. The number of carbonyl (C=O) groups is 1. The van der Waals surface area contributed by atoms with Gasteiger partial charge in [0.05, 0.1) is 29.9 Å². The summed E-state index contributed by atoms with van der Waals surface area (Å²) in [7, 11) is 0. The van der Waals surface area contributed by atoms with E-state index in [4.69, 9.17) is 9.72 Å². The van der Waals surface area contributed by atoms with E-state index >= 15 is 0 Å². The van der Waals surface area contributed by atoms with Gasteiger partial charge >= 0.3 is 0 Å². The Kier molecular flexibility index (Phi) is 8.75. The molecule has 4 aromatic rings. The highest BCUT2D eigenvalue weighted by molar-refractivity contribution is 7.22. The molecule has 0 radical (unpaired) electrons. The van der Waals surface area contributed by atoms with Gasteiger partial charge in [-0.15, -0.1) is 12.4 Å². The second-order valence-corrected chi connectivity index (χ2v) is 10.1. The Morgan fingerprint density at radius 2 is 1.67 bits per heavy atom. The van der Waals surface area contributed by atoms with Gasteiger partial charge in [0.15, 0.2) is 5.13 Å². The van der Waals surface area contributed by atoms with E-state index in [0.717, 1.165) is 59.3 Å². The van der Waals surface area contributed by atoms with E-state index in [0.29, 0.717) is 13.0 Å². The van der Waals surface area contributed by atoms with Gasteiger partial charge in [-0.1, -0.05) is 72.0 Å². The number of morpholine rings is 1. The van der Waals surface area contributed by atoms with Crippen LogP contribution in [0, 0.1) is 13.8 Å². The van der Waals surface area contributed by atoms with E-state index < -0.39 is 0 Å². The lowest BCUT2D eigenvalue weighted by atomic mass is 10.0. The molecule has 5 nitrogen and oxygen atoms in total. The number of anilines is 1. The summed E-state index contributed by atoms with van der Waals surface area (Å²) in [6.07, 6.45) is 0.353. The lowest BCUT2D eigenvalue weighted by Gasteiger charge is -2.29. The van der Waals surface area contributed by atoms with E-state index in [1.54, 1.807) is 11.3 Å². The Bertz CT molecular complexity index is 1300. The average Bonchev–Trinajstić information content (AvgIpc) is 3.33. The van der Waals surface area contributed by atoms with Gasteiger partial charge in [-0.05, 0) is 47.7 Å². The average molecular weight is 522 g/mol. The molecule has 1 aliphatic heterocycles. The van der Waals surface area contributed by atoms with Crippen LogP contribution < -0.4 is 4.90 Å². The molecule has 0 unspecified atom stereocenters. The highest BCUT2D eigenvalue weighted by Gasteiger charge is 2.22. The molecule has 188 valence electrons. The van der Waals surface area contributed by atoms with Crippen molar-refractivity contribution in [3.05, 3.63) is 83.4 Å². The van der Waals surface area contributed by atoms with Gasteiger partial charge in [0.1, 0.15) is 0 Å². The number of carbonyl (C=O) groups excluding carboxylic acids is 1. The fourth-order valence-corrected chi connectivity index (χ4v) is 5.51. The minimum atomic E-state index is 0. The predicted octanol–water partition coefficient (Wildman–Crippen LogP) is 5.91. The van der Waals surface area contributed by atoms with Crippen LogP contribution in [0.15, 0.2) is 66.7 Å². The molecule has 1 amide bonds. The Morgan fingerprint density at radius 3 is 2.39 bits per heavy atom. The number of amides is 1. The normalized spacial score (nSPS) is 13.9. The number of fused-ring (bicyclic) bond motifs is 1. The topological polar surface area (TPSA) is 45.7 Å². The number of rotatable bonds is 7. The van der Waals surface area contributed by atoms with Crippen LogP contribution in [0.1, 0.15) is 16.7 Å². The van der Waals surface area contributed by atoms with Gasteiger partial charge in [0.25, 0.3) is 0 Å². The third-order valence-electron chi connectivity index (χ3n) is 6.77. The molecule has 1 saturated heterocycles. The number of benzene rings is 3. The first-order valence-electron chi connectivity index (χ1n) is 12.2. The predicted molar refractivity (Wildman–Crippen MR) is 152 cm³/mol. The van der Waals surface area contributed by atoms with E-state index in [1.165, 1.54) is 16.7 Å². The number of hydrogen-bond acceptors (Lipinski definition) is 5. The molecule has 0 spiro atoms. The van der Waals surface area contributed by atoms with E-state index in [1.807, 2.05) is 23.1 Å². The SMILES string of the molecule is Cc1ccc2sc(N(CCN3CCOCC3)C(=O)Cc3ccc(-c4ccccc4)cc3)nc2c1C.Cl. The summed E-state index contributed by atoms with van der Waals surface area (Å²) in [4.78, 5) is 22.8. The van der Waals surface area contributed by atoms with Crippen molar-refractivity contribution in [3.8, 4) is 11.1 Å². The molecule has 2 heterocycles. The third kappa shape index (κ3) is 5.95. The van der Waals surface area contributed by atoms with Gasteiger partial charge < -0.3 is 4.74 Å². The molecule has 0 saturated carbocycles. The summed E-state index contributed by atoms with van der Waals surface area (Å²) >= 11 is 1.60. The first-order valence-corrected chi connectivity index (χ1v) is 13.0. The minimum absolute atomic E-state index is 0. The zero-order chi connectivity index (χ0) is 24.2. The second-order valence-electron chi connectivity index (χ2n) is 9.09. The van der Waals surface area contributed by atoms with Crippen LogP contribution in [-0.4, -0.2) is 55.2 Å². The van der Waals surface area contributed by atoms with Crippen molar-refractivity contribution in [2.24, 2.45) is 0 Å². The molecule has 3 aromatic carbocycles. The number of thiazole rings is 1. The van der Waals surface area contributed by atoms with Gasteiger partial charge in [0.2, 0.25) is 5.91 Å². The van der Waals surface area contributed by atoms with Gasteiger partial charge in [-0.3, -0.25) is 14.6 Å². The number of hydrogen-bond donors (Lipinski definition) is 0. The Balaban J connectivity index is 0.00000304. The fraction of sp³-hybridized carbons (Fsp3) is 0.310. The number of nitrogens with zero attached hydrogens (tertiary/aromatic N) is 3. The highest BCUT2D eigenvalue weighted by atomic mass is 35.5. The van der Waals surface area contributed by atoms with Crippen molar-refractivity contribution in [1.29, 1.82) is 0 Å². The maximum atomic E-state index is 13.6. The van der Waals surface area contributed by atoms with Crippen LogP contribution in [0.4, 0.5) is 5.13 Å². The lowest BCUT2D eigenvalue weighted by Crippen LogP contribution is -2.43. The van der Waals surface area contributed by atoms with Gasteiger partial charge in [-0.2, -0.15) is 0 Å². The fourth-order valence-electron chi connectivity index (χ4n) is 4.44. The van der Waals surface area contributed by atoms with Crippen molar-refractivity contribution >= 4 is 45.0 Å². The number of halogens is 1. The molecule has 0 atom stereocenters. The largest absolute Gasteiger partial charge is 0.379 e. The monoisotopic (exact) mass is 521 g/mol. The van der Waals surface area contributed by atoms with Crippen LogP contribution >= 0.6 is 23.7 Å². The summed E-state index contributed by atoms with van der Waals surface area (Å²) in [5, 5.41) is 0.785. The van der Waals surface area contributed by atoms with Crippen LogP contribution in [0.3, 0.4) is 0 Å². The first kappa shape index (κ1) is 26.3. The van der Waals surface area contributed by atoms with E-state index in [-0.39, 0.29) is 18.3 Å². The smallest absolute Gasteiger partial charge is 0.233 e. The molecular formula is C29H32ClN3O2S. The van der Waals surface area contributed by atoms with Crippen molar-refractivity contribution < 1.29 is 9.53 Å². The number of aryl methyl sites for hydroxylation is 2. The molecule has 0 N–H and O–H groups in total. The molecule has 0 aliphatic carbocycles. The molecule has 0 bridgehead atoms. The van der Waals surface area contributed by atoms with Crippen LogP contribution in [0.25, 0.3) is 21.3 Å². The van der Waals surface area contributed by atoms with Crippen molar-refractivity contribution in [2.45, 2.75) is 20.3 Å². The van der Waals surface area contributed by atoms with E-state index in [2.05, 4.69) is 67.3 Å². The zero-order valence-corrected chi connectivity index (χ0v) is 22.4. The van der Waals surface area contributed by atoms with Gasteiger partial charge in [-0.25, -0.2) is 4.98 Å².